The number of rotatable bonds is 4. The van der Waals surface area contributed by atoms with Gasteiger partial charge >= 0.3 is 0 Å². The fraction of sp³-hybridized carbons (Fsp3) is 0.556. The van der Waals surface area contributed by atoms with E-state index in [4.69, 9.17) is 11.6 Å². The molecule has 0 bridgehead atoms. The molecule has 0 saturated heterocycles. The molecule has 1 N–H and O–H groups in total. The van der Waals surface area contributed by atoms with Crippen molar-refractivity contribution in [1.82, 2.24) is 9.97 Å². The van der Waals surface area contributed by atoms with Crippen molar-refractivity contribution >= 4 is 33.5 Å². The van der Waals surface area contributed by atoms with E-state index in [1.165, 1.54) is 0 Å². The number of nitrogens with one attached hydrogen (secondary N) is 1. The normalized spacial score (nSPS) is 14.9. The summed E-state index contributed by atoms with van der Waals surface area (Å²) in [5, 5.41) is 3.33. The lowest BCUT2D eigenvalue weighted by molar-refractivity contribution is 0.689. The molecule has 0 aromatic carbocycles. The average Bonchev–Trinajstić information content (AvgIpc) is 2.07. The van der Waals surface area contributed by atoms with Crippen LogP contribution < -0.4 is 5.32 Å². The molecule has 0 aliphatic carbocycles. The quantitative estimate of drug-likeness (QED) is 0.860. The Kier molecular flexibility index (Phi) is 4.62. The molecule has 14 heavy (non-hydrogen) atoms. The molecule has 0 spiro atoms. The van der Waals surface area contributed by atoms with Gasteiger partial charge in [-0.05, 0) is 36.2 Å². The Morgan fingerprint density at radius 3 is 2.50 bits per heavy atom. The smallest absolute Gasteiger partial charge is 0.222 e. The third kappa shape index (κ3) is 4.24. The molecule has 0 amide bonds. The Bertz CT molecular complexity index is 276. The molecule has 0 saturated carbocycles. The molecule has 1 heterocycles. The number of aromatic nitrogens is 2. The molecule has 0 radical (unpaired) electrons. The van der Waals surface area contributed by atoms with Crippen LogP contribution in [-0.4, -0.2) is 21.4 Å². The first-order valence-corrected chi connectivity index (χ1v) is 5.69. The molecule has 0 aliphatic rings. The van der Waals surface area contributed by atoms with Crippen LogP contribution in [0.1, 0.15) is 20.3 Å². The first kappa shape index (κ1) is 11.7. The highest BCUT2D eigenvalue weighted by Gasteiger charge is 2.06. The third-order valence-electron chi connectivity index (χ3n) is 1.67. The molecular weight excluding hydrogens is 265 g/mol. The average molecular weight is 279 g/mol. The van der Waals surface area contributed by atoms with E-state index < -0.39 is 0 Å². The molecule has 0 fully saturated rings. The number of nitrogens with zero attached hydrogens (tertiary/aromatic N) is 2. The van der Waals surface area contributed by atoms with Crippen molar-refractivity contribution in [2.24, 2.45) is 0 Å². The van der Waals surface area contributed by atoms with Gasteiger partial charge in [-0.25, -0.2) is 9.97 Å². The van der Waals surface area contributed by atoms with Crippen molar-refractivity contribution in [2.75, 3.05) is 5.32 Å². The standard InChI is InChI=1S/C9H13BrClN3/c1-6(11)3-7(2)14-9-12-4-8(10)5-13-9/h4-7H,3H2,1-2H3,(H,12,13,14). The monoisotopic (exact) mass is 277 g/mol. The van der Waals surface area contributed by atoms with Gasteiger partial charge in [-0.2, -0.15) is 0 Å². The van der Waals surface area contributed by atoms with E-state index in [1.54, 1.807) is 12.4 Å². The first-order chi connectivity index (χ1) is 6.58. The Hall–Kier alpha value is -0.350. The Labute approximate surface area is 97.4 Å². The van der Waals surface area contributed by atoms with Crippen LogP contribution in [0.3, 0.4) is 0 Å². The van der Waals surface area contributed by atoms with Gasteiger partial charge in [-0.3, -0.25) is 0 Å². The van der Waals surface area contributed by atoms with Gasteiger partial charge in [0.15, 0.2) is 0 Å². The second-order valence-electron chi connectivity index (χ2n) is 3.29. The van der Waals surface area contributed by atoms with Gasteiger partial charge in [-0.1, -0.05) is 0 Å². The van der Waals surface area contributed by atoms with Gasteiger partial charge in [0.05, 0.1) is 4.47 Å². The van der Waals surface area contributed by atoms with Crippen molar-refractivity contribution in [3.63, 3.8) is 0 Å². The summed E-state index contributed by atoms with van der Waals surface area (Å²) >= 11 is 9.15. The van der Waals surface area contributed by atoms with Crippen molar-refractivity contribution in [2.45, 2.75) is 31.7 Å². The highest BCUT2D eigenvalue weighted by molar-refractivity contribution is 9.10. The maximum Gasteiger partial charge on any atom is 0.222 e. The zero-order chi connectivity index (χ0) is 10.6. The van der Waals surface area contributed by atoms with Gasteiger partial charge in [-0.15, -0.1) is 11.6 Å². The molecule has 0 aliphatic heterocycles. The van der Waals surface area contributed by atoms with Crippen molar-refractivity contribution in [3.05, 3.63) is 16.9 Å². The molecule has 2 unspecified atom stereocenters. The molecule has 1 rings (SSSR count). The number of alkyl halides is 1. The zero-order valence-corrected chi connectivity index (χ0v) is 10.5. The van der Waals surface area contributed by atoms with Crippen LogP contribution in [0.25, 0.3) is 0 Å². The lowest BCUT2D eigenvalue weighted by Gasteiger charge is -2.14. The van der Waals surface area contributed by atoms with Gasteiger partial charge in [0.25, 0.3) is 0 Å². The van der Waals surface area contributed by atoms with Crippen LogP contribution in [-0.2, 0) is 0 Å². The fourth-order valence-electron chi connectivity index (χ4n) is 1.15. The zero-order valence-electron chi connectivity index (χ0n) is 8.17. The predicted molar refractivity (Wildman–Crippen MR) is 62.7 cm³/mol. The minimum absolute atomic E-state index is 0.160. The van der Waals surface area contributed by atoms with Gasteiger partial charge in [0, 0.05) is 23.8 Å². The van der Waals surface area contributed by atoms with Crippen molar-refractivity contribution in [1.29, 1.82) is 0 Å². The van der Waals surface area contributed by atoms with Crippen LogP contribution in [0.5, 0.6) is 0 Å². The van der Waals surface area contributed by atoms with Crippen molar-refractivity contribution < 1.29 is 0 Å². The molecule has 78 valence electrons. The second kappa shape index (κ2) is 5.51. The largest absolute Gasteiger partial charge is 0.352 e. The first-order valence-electron chi connectivity index (χ1n) is 4.46. The van der Waals surface area contributed by atoms with Crippen LogP contribution >= 0.6 is 27.5 Å². The summed E-state index contributed by atoms with van der Waals surface area (Å²) in [5.41, 5.74) is 0. The van der Waals surface area contributed by atoms with E-state index in [1.807, 2.05) is 6.92 Å². The number of hydrogen-bond acceptors (Lipinski definition) is 3. The summed E-state index contributed by atoms with van der Waals surface area (Å²) in [6, 6.07) is 0.281. The molecule has 1 aromatic heterocycles. The molecule has 3 nitrogen and oxygen atoms in total. The summed E-state index contributed by atoms with van der Waals surface area (Å²) in [4.78, 5) is 8.23. The fourth-order valence-corrected chi connectivity index (χ4v) is 1.63. The number of halogens is 2. The van der Waals surface area contributed by atoms with E-state index in [0.717, 1.165) is 10.9 Å². The van der Waals surface area contributed by atoms with Gasteiger partial charge in [0.1, 0.15) is 0 Å². The molecular formula is C9H13BrClN3. The molecule has 5 heteroatoms. The maximum atomic E-state index is 5.88. The van der Waals surface area contributed by atoms with Crippen LogP contribution in [0, 0.1) is 0 Å². The number of hydrogen-bond donors (Lipinski definition) is 1. The Morgan fingerprint density at radius 2 is 2.00 bits per heavy atom. The highest BCUT2D eigenvalue weighted by Crippen LogP contribution is 2.10. The highest BCUT2D eigenvalue weighted by atomic mass is 79.9. The SMILES string of the molecule is CC(Cl)CC(C)Nc1ncc(Br)cn1. The predicted octanol–water partition coefficient (Wildman–Crippen LogP) is 3.06. The third-order valence-corrected chi connectivity index (χ3v) is 2.26. The minimum atomic E-state index is 0.160. The maximum absolute atomic E-state index is 5.88. The summed E-state index contributed by atoms with van der Waals surface area (Å²) in [6.45, 7) is 4.03. The number of anilines is 1. The summed E-state index contributed by atoms with van der Waals surface area (Å²) in [6.07, 6.45) is 4.32. The summed E-state index contributed by atoms with van der Waals surface area (Å²) < 4.78 is 0.876. The minimum Gasteiger partial charge on any atom is -0.352 e. The second-order valence-corrected chi connectivity index (χ2v) is 4.95. The van der Waals surface area contributed by atoms with Gasteiger partial charge in [0.2, 0.25) is 5.95 Å². The lowest BCUT2D eigenvalue weighted by atomic mass is 10.2. The lowest BCUT2D eigenvalue weighted by Crippen LogP contribution is -2.19. The Morgan fingerprint density at radius 1 is 1.43 bits per heavy atom. The van der Waals surface area contributed by atoms with Crippen LogP contribution in [0.2, 0.25) is 0 Å². The van der Waals surface area contributed by atoms with E-state index in [-0.39, 0.29) is 11.4 Å². The molecule has 2 atom stereocenters. The topological polar surface area (TPSA) is 37.8 Å². The summed E-state index contributed by atoms with van der Waals surface area (Å²) in [5.74, 6) is 0.637. The van der Waals surface area contributed by atoms with Gasteiger partial charge < -0.3 is 5.32 Å². The van der Waals surface area contributed by atoms with E-state index in [2.05, 4.69) is 38.1 Å². The summed E-state index contributed by atoms with van der Waals surface area (Å²) in [7, 11) is 0. The van der Waals surface area contributed by atoms with Crippen LogP contribution in [0.15, 0.2) is 16.9 Å². The Balaban J connectivity index is 2.47. The van der Waals surface area contributed by atoms with E-state index >= 15 is 0 Å². The van der Waals surface area contributed by atoms with E-state index in [0.29, 0.717) is 5.95 Å². The van der Waals surface area contributed by atoms with Crippen molar-refractivity contribution in [3.8, 4) is 0 Å². The van der Waals surface area contributed by atoms with Crippen LogP contribution in [0.4, 0.5) is 5.95 Å². The van der Waals surface area contributed by atoms with E-state index in [9.17, 15) is 0 Å². The molecule has 1 aromatic rings.